The van der Waals surface area contributed by atoms with E-state index in [4.69, 9.17) is 9.47 Å². The van der Waals surface area contributed by atoms with Gasteiger partial charge in [-0.25, -0.2) is 4.79 Å². The number of methoxy groups -OCH3 is 2. The lowest BCUT2D eigenvalue weighted by Gasteiger charge is -2.14. The van der Waals surface area contributed by atoms with Crippen LogP contribution in [-0.2, 0) is 4.74 Å². The first kappa shape index (κ1) is 16.9. The topological polar surface area (TPSA) is 35.5 Å². The molecule has 1 aromatic rings. The van der Waals surface area contributed by atoms with Gasteiger partial charge in [-0.2, -0.15) is 0 Å². The average molecular weight is 462 g/mol. The molecule has 0 aliphatic carbocycles. The van der Waals surface area contributed by atoms with E-state index in [1.54, 1.807) is 13.2 Å². The van der Waals surface area contributed by atoms with Crippen molar-refractivity contribution in [1.82, 2.24) is 0 Å². The molecule has 1 aromatic carbocycles. The molecular weight excluding hydrogens is 446 g/mol. The summed E-state index contributed by atoms with van der Waals surface area (Å²) in [5.41, 5.74) is 3.67. The van der Waals surface area contributed by atoms with E-state index in [0.29, 0.717) is 11.3 Å². The molecule has 0 radical (unpaired) electrons. The fourth-order valence-corrected chi connectivity index (χ4v) is 1.58. The van der Waals surface area contributed by atoms with Crippen LogP contribution in [0.4, 0.5) is 0 Å². The van der Waals surface area contributed by atoms with Crippen LogP contribution in [0.1, 0.15) is 27.0 Å². The van der Waals surface area contributed by atoms with Gasteiger partial charge in [-0.1, -0.05) is 0 Å². The van der Waals surface area contributed by atoms with Gasteiger partial charge >= 0.3 is 5.97 Å². The maximum atomic E-state index is 11.5. The first-order valence-corrected chi connectivity index (χ1v) is 11.2. The zero-order valence-corrected chi connectivity index (χ0v) is 14.9. The van der Waals surface area contributed by atoms with Crippen LogP contribution in [0.15, 0.2) is 6.07 Å². The summed E-state index contributed by atoms with van der Waals surface area (Å²) in [6.45, 7) is 5.91. The van der Waals surface area contributed by atoms with E-state index in [9.17, 15) is 4.79 Å². The number of ether oxygens (including phenoxy) is 2. The van der Waals surface area contributed by atoms with Crippen LogP contribution < -0.4 is 4.74 Å². The van der Waals surface area contributed by atoms with Crippen LogP contribution in [0.5, 0.6) is 5.75 Å². The Hall–Kier alpha value is -0.0500. The van der Waals surface area contributed by atoms with Gasteiger partial charge in [0.05, 0.1) is 14.2 Å². The van der Waals surface area contributed by atoms with Crippen molar-refractivity contribution < 1.29 is 14.3 Å². The van der Waals surface area contributed by atoms with Gasteiger partial charge in [-0.3, -0.25) is 0 Å². The molecular formula is C12H16I2O3. The van der Waals surface area contributed by atoms with E-state index in [-0.39, 0.29) is 5.97 Å². The van der Waals surface area contributed by atoms with Gasteiger partial charge in [-0.05, 0) is 43.5 Å². The lowest BCUT2D eigenvalue weighted by atomic mass is 9.99. The summed E-state index contributed by atoms with van der Waals surface area (Å²) in [5, 5.41) is 0. The Bertz CT molecular complexity index is 403. The number of halogens is 2. The third-order valence-electron chi connectivity index (χ3n) is 2.71. The molecule has 0 bridgehead atoms. The van der Waals surface area contributed by atoms with Crippen molar-refractivity contribution in [3.63, 3.8) is 0 Å². The van der Waals surface area contributed by atoms with Crippen molar-refractivity contribution in [1.29, 1.82) is 0 Å². The monoisotopic (exact) mass is 462 g/mol. The molecule has 0 spiro atoms. The van der Waals surface area contributed by atoms with Crippen molar-refractivity contribution in [2.24, 2.45) is 0 Å². The highest BCUT2D eigenvalue weighted by atomic mass is 128. The second-order valence-corrected chi connectivity index (χ2v) is 3.52. The highest BCUT2D eigenvalue weighted by Crippen LogP contribution is 2.29. The fourth-order valence-electron chi connectivity index (χ4n) is 1.58. The fraction of sp³-hybridized carbons (Fsp3) is 0.417. The molecule has 0 unspecified atom stereocenters. The minimum absolute atomic E-state index is 0.363. The third kappa shape index (κ3) is 3.97. The second kappa shape index (κ2) is 8.12. The summed E-state index contributed by atoms with van der Waals surface area (Å²) >= 11 is 4.24. The lowest BCUT2D eigenvalue weighted by Crippen LogP contribution is -2.07. The minimum atomic E-state index is -0.363. The Balaban J connectivity index is 0.00000121. The molecule has 0 saturated heterocycles. The van der Waals surface area contributed by atoms with Crippen molar-refractivity contribution in [2.45, 2.75) is 20.8 Å². The number of benzene rings is 1. The van der Waals surface area contributed by atoms with E-state index in [2.05, 4.69) is 37.2 Å². The van der Waals surface area contributed by atoms with Crippen molar-refractivity contribution in [3.8, 4) is 5.75 Å². The minimum Gasteiger partial charge on any atom is -0.496 e. The van der Waals surface area contributed by atoms with Crippen molar-refractivity contribution >= 4 is 43.2 Å². The Labute approximate surface area is 126 Å². The summed E-state index contributed by atoms with van der Waals surface area (Å²) in [7, 11) is 2.93. The summed E-state index contributed by atoms with van der Waals surface area (Å²) in [5.74, 6) is 0.239. The van der Waals surface area contributed by atoms with E-state index in [1.807, 2.05) is 20.8 Å². The van der Waals surface area contributed by atoms with E-state index in [0.717, 1.165) is 16.7 Å². The summed E-state index contributed by atoms with van der Waals surface area (Å²) in [6, 6.07) is 1.80. The van der Waals surface area contributed by atoms with Gasteiger partial charge in [0.2, 0.25) is 0 Å². The van der Waals surface area contributed by atoms with Crippen LogP contribution in [0, 0.1) is 20.8 Å². The molecule has 3 nitrogen and oxygen atoms in total. The summed E-state index contributed by atoms with van der Waals surface area (Å²) in [4.78, 5) is 11.5. The molecule has 0 amide bonds. The van der Waals surface area contributed by atoms with E-state index < -0.39 is 0 Å². The molecule has 0 aromatic heterocycles. The number of hydrogen-bond donors (Lipinski definition) is 0. The second-order valence-electron chi connectivity index (χ2n) is 3.52. The third-order valence-corrected chi connectivity index (χ3v) is 2.71. The number of rotatable bonds is 2. The molecule has 0 heterocycles. The normalized spacial score (nSPS) is 9.12. The van der Waals surface area contributed by atoms with E-state index >= 15 is 0 Å². The molecule has 5 heteroatoms. The van der Waals surface area contributed by atoms with Gasteiger partial charge in [0, 0.05) is 37.2 Å². The predicted molar refractivity (Wildman–Crippen MR) is 86.6 cm³/mol. The number of hydrogen-bond acceptors (Lipinski definition) is 3. The van der Waals surface area contributed by atoms with Crippen LogP contribution in [0.2, 0.25) is 0 Å². The molecule has 0 aliphatic heterocycles. The largest absolute Gasteiger partial charge is 0.496 e. The van der Waals surface area contributed by atoms with Crippen molar-refractivity contribution in [2.75, 3.05) is 14.2 Å². The Morgan fingerprint density at radius 2 is 1.65 bits per heavy atom. The maximum absolute atomic E-state index is 11.5. The molecule has 0 atom stereocenters. The zero-order chi connectivity index (χ0) is 13.6. The molecule has 0 fully saturated rings. The highest BCUT2D eigenvalue weighted by molar-refractivity contribution is 15.0. The van der Waals surface area contributed by atoms with Crippen LogP contribution in [0.3, 0.4) is 0 Å². The maximum Gasteiger partial charge on any atom is 0.341 e. The van der Waals surface area contributed by atoms with Crippen LogP contribution in [-0.4, -0.2) is 20.2 Å². The molecule has 17 heavy (non-hydrogen) atoms. The van der Waals surface area contributed by atoms with Crippen LogP contribution >= 0.6 is 37.2 Å². The first-order valence-electron chi connectivity index (χ1n) is 4.90. The van der Waals surface area contributed by atoms with Gasteiger partial charge in [0.1, 0.15) is 11.3 Å². The first-order chi connectivity index (χ1) is 8.02. The SMILES string of the molecule is COC(=O)c1cc(C)c(C)c(C)c1OC.II. The Morgan fingerprint density at radius 3 is 2.06 bits per heavy atom. The Kier molecular flexibility index (Phi) is 8.10. The quantitative estimate of drug-likeness (QED) is 0.489. The summed E-state index contributed by atoms with van der Waals surface area (Å²) in [6.07, 6.45) is 0. The van der Waals surface area contributed by atoms with Gasteiger partial charge in [0.25, 0.3) is 0 Å². The molecule has 0 saturated carbocycles. The standard InChI is InChI=1S/C12H16O3.I2/c1-7-6-10(12(13)15-5)11(14-4)9(3)8(7)2;1-2/h6H,1-5H3;. The number of esters is 1. The lowest BCUT2D eigenvalue weighted by molar-refractivity contribution is 0.0597. The molecule has 0 N–H and O–H groups in total. The Morgan fingerprint density at radius 1 is 1.12 bits per heavy atom. The molecule has 96 valence electrons. The average Bonchev–Trinajstić information content (AvgIpc) is 2.37. The van der Waals surface area contributed by atoms with Gasteiger partial charge < -0.3 is 9.47 Å². The molecule has 0 aliphatic rings. The summed E-state index contributed by atoms with van der Waals surface area (Å²) < 4.78 is 9.94. The van der Waals surface area contributed by atoms with E-state index in [1.165, 1.54) is 7.11 Å². The van der Waals surface area contributed by atoms with Crippen molar-refractivity contribution in [3.05, 3.63) is 28.3 Å². The van der Waals surface area contributed by atoms with Crippen LogP contribution in [0.25, 0.3) is 0 Å². The molecule has 1 rings (SSSR count). The highest BCUT2D eigenvalue weighted by Gasteiger charge is 2.17. The smallest absolute Gasteiger partial charge is 0.341 e. The number of carbonyl (C=O) groups is 1. The zero-order valence-electron chi connectivity index (χ0n) is 10.6. The number of carbonyl (C=O) groups excluding carboxylic acids is 1. The number of aryl methyl sites for hydroxylation is 1. The van der Waals surface area contributed by atoms with Gasteiger partial charge in [0.15, 0.2) is 0 Å². The van der Waals surface area contributed by atoms with Gasteiger partial charge in [-0.15, -0.1) is 0 Å². The predicted octanol–water partition coefficient (Wildman–Crippen LogP) is 4.18.